The Balaban J connectivity index is 1.58. The van der Waals surface area contributed by atoms with Gasteiger partial charge in [-0.3, -0.25) is 14.4 Å². The van der Waals surface area contributed by atoms with Crippen LogP contribution in [0.15, 0.2) is 48.5 Å². The van der Waals surface area contributed by atoms with E-state index in [-0.39, 0.29) is 48.4 Å². The first-order valence-electron chi connectivity index (χ1n) is 17.1. The summed E-state index contributed by atoms with van der Waals surface area (Å²) < 4.78 is 12.7. The number of ether oxygens (including phenoxy) is 2. The van der Waals surface area contributed by atoms with Gasteiger partial charge >= 0.3 is 0 Å². The predicted molar refractivity (Wildman–Crippen MR) is 180 cm³/mol. The SMILES string of the molecule is C[C@@H]1CN([C@H](C)CO)C(=O)c2cc(NC(=O)C3CCCCC3)ccc2O[C@@H](C)CCCCO[C@@H]1CN(C)C(=O)Cc1ccccc1. The molecule has 1 aliphatic carbocycles. The summed E-state index contributed by atoms with van der Waals surface area (Å²) in [6.45, 7) is 6.84. The van der Waals surface area contributed by atoms with Crippen LogP contribution in [0.5, 0.6) is 5.75 Å². The maximum Gasteiger partial charge on any atom is 0.258 e. The molecule has 1 aliphatic heterocycles. The van der Waals surface area contributed by atoms with Crippen molar-refractivity contribution < 1.29 is 29.0 Å². The number of nitrogens with zero attached hydrogens (tertiary/aromatic N) is 2. The fourth-order valence-corrected chi connectivity index (χ4v) is 6.35. The Morgan fingerprint density at radius 3 is 2.46 bits per heavy atom. The lowest BCUT2D eigenvalue weighted by Crippen LogP contribution is -2.48. The zero-order valence-electron chi connectivity index (χ0n) is 28.1. The number of aliphatic hydroxyl groups excluding tert-OH is 1. The number of hydrogen-bond donors (Lipinski definition) is 2. The van der Waals surface area contributed by atoms with Crippen LogP contribution in [0.25, 0.3) is 0 Å². The van der Waals surface area contributed by atoms with Gasteiger partial charge in [-0.1, -0.05) is 56.5 Å². The molecule has 1 saturated carbocycles. The lowest BCUT2D eigenvalue weighted by molar-refractivity contribution is -0.132. The molecule has 2 N–H and O–H groups in total. The Kier molecular flexibility index (Phi) is 13.5. The minimum absolute atomic E-state index is 0.000710. The van der Waals surface area contributed by atoms with Crippen molar-refractivity contribution in [1.29, 1.82) is 0 Å². The number of carbonyl (C=O) groups excluding carboxylic acids is 3. The maximum atomic E-state index is 14.4. The van der Waals surface area contributed by atoms with E-state index < -0.39 is 6.04 Å². The molecule has 9 nitrogen and oxygen atoms in total. The summed E-state index contributed by atoms with van der Waals surface area (Å²) in [5, 5.41) is 13.3. The van der Waals surface area contributed by atoms with Gasteiger partial charge in [0.1, 0.15) is 5.75 Å². The van der Waals surface area contributed by atoms with Crippen LogP contribution in [-0.2, 0) is 20.7 Å². The zero-order chi connectivity index (χ0) is 33.1. The Morgan fingerprint density at radius 1 is 1.02 bits per heavy atom. The molecule has 2 aromatic rings. The third-order valence-corrected chi connectivity index (χ3v) is 9.37. The largest absolute Gasteiger partial charge is 0.490 e. The number of amides is 3. The molecule has 0 spiro atoms. The Bertz CT molecular complexity index is 1280. The van der Waals surface area contributed by atoms with Crippen LogP contribution in [0.3, 0.4) is 0 Å². The predicted octanol–water partition coefficient (Wildman–Crippen LogP) is 5.70. The molecule has 252 valence electrons. The molecule has 1 fully saturated rings. The van der Waals surface area contributed by atoms with Crippen LogP contribution in [0.2, 0.25) is 0 Å². The van der Waals surface area contributed by atoms with Crippen molar-refractivity contribution >= 4 is 23.4 Å². The summed E-state index contributed by atoms with van der Waals surface area (Å²) in [4.78, 5) is 43.9. The van der Waals surface area contributed by atoms with Crippen molar-refractivity contribution in [2.24, 2.45) is 11.8 Å². The van der Waals surface area contributed by atoms with Crippen LogP contribution in [0, 0.1) is 11.8 Å². The Morgan fingerprint density at radius 2 is 1.74 bits per heavy atom. The highest BCUT2D eigenvalue weighted by Gasteiger charge is 2.31. The second-order valence-corrected chi connectivity index (χ2v) is 13.3. The maximum absolute atomic E-state index is 14.4. The second-order valence-electron chi connectivity index (χ2n) is 13.3. The molecule has 4 rings (SSSR count). The summed E-state index contributed by atoms with van der Waals surface area (Å²) in [5.41, 5.74) is 1.87. The molecule has 46 heavy (non-hydrogen) atoms. The van der Waals surface area contributed by atoms with Gasteiger partial charge in [0.2, 0.25) is 11.8 Å². The monoisotopic (exact) mass is 635 g/mol. The molecule has 4 atom stereocenters. The second kappa shape index (κ2) is 17.5. The molecule has 1 heterocycles. The number of carbonyl (C=O) groups is 3. The average molecular weight is 636 g/mol. The summed E-state index contributed by atoms with van der Waals surface area (Å²) >= 11 is 0. The van der Waals surface area contributed by atoms with E-state index in [0.717, 1.165) is 56.9 Å². The molecule has 0 bridgehead atoms. The van der Waals surface area contributed by atoms with Gasteiger partial charge in [0.05, 0.1) is 36.8 Å². The fourth-order valence-electron chi connectivity index (χ4n) is 6.35. The summed E-state index contributed by atoms with van der Waals surface area (Å²) in [6.07, 6.45) is 7.39. The van der Waals surface area contributed by atoms with Crippen LogP contribution in [-0.4, -0.2) is 84.2 Å². The standard InChI is InChI=1S/C37H53N3O6/c1-26-23-40(27(2)25-41)37(44)32-22-31(38-36(43)30-16-9-6-10-17-30)18-19-33(32)46-28(3)13-11-12-20-45-34(26)24-39(4)35(42)21-29-14-7-5-8-15-29/h5,7-8,14-15,18-19,22,26-28,30,34,41H,6,9-13,16-17,20-21,23-25H2,1-4H3,(H,38,43)/t26-,27-,28+,34-/m1/s1. The molecule has 0 aromatic heterocycles. The van der Waals surface area contributed by atoms with Gasteiger partial charge in [-0.05, 0) is 69.7 Å². The fraction of sp³-hybridized carbons (Fsp3) is 0.595. The summed E-state index contributed by atoms with van der Waals surface area (Å²) in [6, 6.07) is 14.5. The Hall–Kier alpha value is -3.43. The third kappa shape index (κ3) is 10.0. The normalized spacial score (nSPS) is 22.6. The minimum atomic E-state index is -0.480. The smallest absolute Gasteiger partial charge is 0.258 e. The summed E-state index contributed by atoms with van der Waals surface area (Å²) in [5.74, 6) is 0.00468. The molecule has 2 aliphatic rings. The minimum Gasteiger partial charge on any atom is -0.490 e. The first-order chi connectivity index (χ1) is 22.2. The van der Waals surface area contributed by atoms with E-state index in [4.69, 9.17) is 9.47 Å². The van der Waals surface area contributed by atoms with Gasteiger partial charge in [-0.15, -0.1) is 0 Å². The molecule has 2 aromatic carbocycles. The van der Waals surface area contributed by atoms with Crippen LogP contribution in [0.1, 0.15) is 88.1 Å². The molecular weight excluding hydrogens is 582 g/mol. The van der Waals surface area contributed by atoms with Gasteiger partial charge in [-0.2, -0.15) is 0 Å². The van der Waals surface area contributed by atoms with Crippen molar-refractivity contribution in [1.82, 2.24) is 9.80 Å². The topological polar surface area (TPSA) is 108 Å². The van der Waals surface area contributed by atoms with E-state index in [9.17, 15) is 19.5 Å². The van der Waals surface area contributed by atoms with Crippen LogP contribution >= 0.6 is 0 Å². The number of likely N-dealkylation sites (N-methyl/N-ethyl adjacent to an activating group) is 1. The van der Waals surface area contributed by atoms with Crippen molar-refractivity contribution in [2.45, 2.75) is 96.8 Å². The highest BCUT2D eigenvalue weighted by atomic mass is 16.5. The quantitative estimate of drug-likeness (QED) is 0.385. The zero-order valence-corrected chi connectivity index (χ0v) is 28.1. The summed E-state index contributed by atoms with van der Waals surface area (Å²) in [7, 11) is 1.80. The number of nitrogens with one attached hydrogen (secondary N) is 1. The van der Waals surface area contributed by atoms with Crippen LogP contribution in [0.4, 0.5) is 5.69 Å². The van der Waals surface area contributed by atoms with Gasteiger partial charge in [0.25, 0.3) is 5.91 Å². The van der Waals surface area contributed by atoms with E-state index >= 15 is 0 Å². The van der Waals surface area contributed by atoms with E-state index in [1.807, 2.05) is 51.1 Å². The van der Waals surface area contributed by atoms with Crippen molar-refractivity contribution in [2.75, 3.05) is 38.7 Å². The number of aliphatic hydroxyl groups is 1. The van der Waals surface area contributed by atoms with E-state index in [2.05, 4.69) is 5.32 Å². The van der Waals surface area contributed by atoms with Crippen molar-refractivity contribution in [3.63, 3.8) is 0 Å². The Labute approximate surface area is 274 Å². The first kappa shape index (κ1) is 35.4. The van der Waals surface area contributed by atoms with Gasteiger partial charge in [-0.25, -0.2) is 0 Å². The number of anilines is 1. The molecule has 9 heteroatoms. The molecule has 3 amide bonds. The number of benzene rings is 2. The number of hydrogen-bond acceptors (Lipinski definition) is 6. The van der Waals surface area contributed by atoms with Crippen LogP contribution < -0.4 is 10.1 Å². The molecule has 0 unspecified atom stereocenters. The number of fused-ring (bicyclic) bond motifs is 1. The molecular formula is C37H53N3O6. The van der Waals surface area contributed by atoms with E-state index in [1.54, 1.807) is 35.0 Å². The average Bonchev–Trinajstić information content (AvgIpc) is 3.06. The highest BCUT2D eigenvalue weighted by molar-refractivity contribution is 6.00. The first-order valence-corrected chi connectivity index (χ1v) is 17.1. The lowest BCUT2D eigenvalue weighted by Gasteiger charge is -2.36. The van der Waals surface area contributed by atoms with E-state index in [1.165, 1.54) is 0 Å². The molecule has 0 radical (unpaired) electrons. The molecule has 0 saturated heterocycles. The van der Waals surface area contributed by atoms with E-state index in [0.29, 0.717) is 43.1 Å². The van der Waals surface area contributed by atoms with Gasteiger partial charge in [0.15, 0.2) is 0 Å². The van der Waals surface area contributed by atoms with Gasteiger partial charge in [0, 0.05) is 44.3 Å². The van der Waals surface area contributed by atoms with Crippen molar-refractivity contribution in [3.8, 4) is 5.75 Å². The third-order valence-electron chi connectivity index (χ3n) is 9.37. The lowest BCUT2D eigenvalue weighted by atomic mass is 9.88. The van der Waals surface area contributed by atoms with Gasteiger partial charge < -0.3 is 29.7 Å². The van der Waals surface area contributed by atoms with Crippen molar-refractivity contribution in [3.05, 3.63) is 59.7 Å². The highest BCUT2D eigenvalue weighted by Crippen LogP contribution is 2.30. The number of rotatable bonds is 8.